The molecule has 1 unspecified atom stereocenters. The van der Waals surface area contributed by atoms with E-state index in [-0.39, 0.29) is 23.5 Å². The highest BCUT2D eigenvalue weighted by Crippen LogP contribution is 2.39. The lowest BCUT2D eigenvalue weighted by atomic mass is 10.1. The monoisotopic (exact) mass is 345 g/mol. The Kier molecular flexibility index (Phi) is 4.74. The Morgan fingerprint density at radius 3 is 2.74 bits per heavy atom. The van der Waals surface area contributed by atoms with Crippen LogP contribution in [0.25, 0.3) is 0 Å². The van der Waals surface area contributed by atoms with Crippen molar-refractivity contribution in [1.29, 1.82) is 0 Å². The summed E-state index contributed by atoms with van der Waals surface area (Å²) in [7, 11) is 0. The zero-order valence-corrected chi connectivity index (χ0v) is 14.2. The third-order valence-electron chi connectivity index (χ3n) is 3.70. The molecule has 0 aliphatic carbocycles. The predicted octanol–water partition coefficient (Wildman–Crippen LogP) is 4.44. The first-order chi connectivity index (χ1) is 11.0. The van der Waals surface area contributed by atoms with E-state index in [4.69, 9.17) is 11.6 Å². The first kappa shape index (κ1) is 16.1. The number of Topliss-reactive ketones (excluding diaryl/α,β-unsaturated/α-hetero) is 1. The van der Waals surface area contributed by atoms with Gasteiger partial charge in [-0.1, -0.05) is 48.9 Å². The summed E-state index contributed by atoms with van der Waals surface area (Å²) in [6.45, 7) is 2.06. The zero-order chi connectivity index (χ0) is 16.4. The second kappa shape index (κ2) is 6.77. The van der Waals surface area contributed by atoms with Crippen molar-refractivity contribution < 1.29 is 9.59 Å². The number of carbonyl (C=O) groups is 2. The average Bonchev–Trinajstić information content (AvgIpc) is 2.64. The molecular formula is C18H16ClNO2S. The van der Waals surface area contributed by atoms with Crippen LogP contribution in [0.15, 0.2) is 53.4 Å². The van der Waals surface area contributed by atoms with E-state index in [1.54, 1.807) is 34.9 Å². The number of ketones is 1. The quantitative estimate of drug-likeness (QED) is 0.772. The van der Waals surface area contributed by atoms with Gasteiger partial charge in [-0.2, -0.15) is 0 Å². The molecule has 2 aromatic rings. The lowest BCUT2D eigenvalue weighted by molar-refractivity contribution is -0.118. The van der Waals surface area contributed by atoms with Crippen LogP contribution in [0.2, 0.25) is 5.02 Å². The highest BCUT2D eigenvalue weighted by molar-refractivity contribution is 8.00. The average molecular weight is 346 g/mol. The molecule has 0 saturated heterocycles. The fourth-order valence-corrected chi connectivity index (χ4v) is 3.98. The molecule has 0 saturated carbocycles. The summed E-state index contributed by atoms with van der Waals surface area (Å²) in [6.07, 6.45) is 0.402. The number of hydrogen-bond acceptors (Lipinski definition) is 3. The van der Waals surface area contributed by atoms with Gasteiger partial charge in [-0.3, -0.25) is 9.59 Å². The van der Waals surface area contributed by atoms with Crippen molar-refractivity contribution in [1.82, 2.24) is 0 Å². The molecule has 1 atom stereocenters. The molecule has 1 heterocycles. The maximum absolute atomic E-state index is 12.6. The van der Waals surface area contributed by atoms with E-state index >= 15 is 0 Å². The van der Waals surface area contributed by atoms with Gasteiger partial charge in [0, 0.05) is 27.2 Å². The Labute approximate surface area is 144 Å². The van der Waals surface area contributed by atoms with Crippen molar-refractivity contribution in [2.45, 2.75) is 23.5 Å². The van der Waals surface area contributed by atoms with Crippen LogP contribution in [-0.2, 0) is 4.79 Å². The van der Waals surface area contributed by atoms with Gasteiger partial charge in [0.15, 0.2) is 5.78 Å². The molecule has 0 radical (unpaired) electrons. The van der Waals surface area contributed by atoms with Crippen LogP contribution in [0.5, 0.6) is 0 Å². The van der Waals surface area contributed by atoms with Crippen LogP contribution in [0, 0.1) is 0 Å². The van der Waals surface area contributed by atoms with Crippen LogP contribution in [0.4, 0.5) is 5.69 Å². The van der Waals surface area contributed by atoms with E-state index in [1.807, 2.05) is 37.3 Å². The molecule has 0 bridgehead atoms. The molecule has 5 heteroatoms. The number of hydrogen-bond donors (Lipinski definition) is 0. The van der Waals surface area contributed by atoms with E-state index in [1.165, 1.54) is 0 Å². The van der Waals surface area contributed by atoms with Crippen molar-refractivity contribution in [2.75, 3.05) is 11.4 Å². The largest absolute Gasteiger partial charge is 0.303 e. The Balaban J connectivity index is 1.94. The fraction of sp³-hybridized carbons (Fsp3) is 0.222. The number of fused-ring (bicyclic) bond motifs is 1. The van der Waals surface area contributed by atoms with Crippen molar-refractivity contribution in [3.05, 3.63) is 59.1 Å². The Bertz CT molecular complexity index is 748. The minimum absolute atomic E-state index is 0.0321. The van der Waals surface area contributed by atoms with Gasteiger partial charge in [0.2, 0.25) is 5.91 Å². The van der Waals surface area contributed by atoms with E-state index in [9.17, 15) is 9.59 Å². The maximum atomic E-state index is 12.6. The molecule has 0 fully saturated rings. The molecular weight excluding hydrogens is 330 g/mol. The summed E-state index contributed by atoms with van der Waals surface area (Å²) in [6, 6.07) is 14.5. The van der Waals surface area contributed by atoms with Gasteiger partial charge in [0.1, 0.15) is 0 Å². The highest BCUT2D eigenvalue weighted by Gasteiger charge is 2.28. The number of nitrogens with zero attached hydrogens (tertiary/aromatic N) is 1. The number of benzene rings is 2. The maximum Gasteiger partial charge on any atom is 0.228 e. The second-order valence-corrected chi connectivity index (χ2v) is 7.43. The summed E-state index contributed by atoms with van der Waals surface area (Å²) < 4.78 is 0. The molecule has 0 spiro atoms. The van der Waals surface area contributed by atoms with Crippen LogP contribution in [-0.4, -0.2) is 23.5 Å². The molecule has 0 N–H and O–H groups in total. The second-order valence-electron chi connectivity index (χ2n) is 5.51. The molecule has 0 aromatic heterocycles. The summed E-state index contributed by atoms with van der Waals surface area (Å²) in [5.41, 5.74) is 1.37. The molecule has 1 aliphatic rings. The van der Waals surface area contributed by atoms with Crippen molar-refractivity contribution in [3.8, 4) is 0 Å². The molecule has 3 nitrogen and oxygen atoms in total. The third-order valence-corrected chi connectivity index (χ3v) is 5.09. The van der Waals surface area contributed by atoms with Crippen LogP contribution < -0.4 is 4.90 Å². The minimum atomic E-state index is -0.0700. The van der Waals surface area contributed by atoms with E-state index < -0.39 is 0 Å². The Morgan fingerprint density at radius 1 is 1.26 bits per heavy atom. The first-order valence-corrected chi connectivity index (χ1v) is 8.65. The molecule has 1 amide bonds. The minimum Gasteiger partial charge on any atom is -0.303 e. The smallest absolute Gasteiger partial charge is 0.228 e. The van der Waals surface area contributed by atoms with Gasteiger partial charge in [-0.15, -0.1) is 11.8 Å². The summed E-state index contributed by atoms with van der Waals surface area (Å²) in [5.74, 6) is -0.102. The van der Waals surface area contributed by atoms with Gasteiger partial charge < -0.3 is 4.90 Å². The number of anilines is 1. The SMILES string of the molecule is CC1CC(=O)N(CC(=O)c2ccccc2)c2ccc(Cl)cc2S1. The number of amides is 1. The first-order valence-electron chi connectivity index (χ1n) is 7.39. The van der Waals surface area contributed by atoms with Gasteiger partial charge in [0.05, 0.1) is 12.2 Å². The van der Waals surface area contributed by atoms with Crippen LogP contribution in [0.3, 0.4) is 0 Å². The number of rotatable bonds is 3. The van der Waals surface area contributed by atoms with Crippen molar-refractivity contribution in [3.63, 3.8) is 0 Å². The van der Waals surface area contributed by atoms with Crippen molar-refractivity contribution in [2.24, 2.45) is 0 Å². The standard InChI is InChI=1S/C18H16ClNO2S/c1-12-9-18(22)20(11-16(21)13-5-3-2-4-6-13)15-8-7-14(19)10-17(15)23-12/h2-8,10,12H,9,11H2,1H3. The topological polar surface area (TPSA) is 37.4 Å². The number of halogens is 1. The molecule has 3 rings (SSSR count). The normalized spacial score (nSPS) is 17.6. The van der Waals surface area contributed by atoms with Gasteiger partial charge >= 0.3 is 0 Å². The lowest BCUT2D eigenvalue weighted by Gasteiger charge is -2.22. The lowest BCUT2D eigenvalue weighted by Crippen LogP contribution is -2.36. The van der Waals surface area contributed by atoms with Gasteiger partial charge in [-0.25, -0.2) is 0 Å². The molecule has 118 valence electrons. The van der Waals surface area contributed by atoms with Gasteiger partial charge in [-0.05, 0) is 18.2 Å². The number of carbonyl (C=O) groups excluding carboxylic acids is 2. The summed E-state index contributed by atoms with van der Waals surface area (Å²) in [4.78, 5) is 27.6. The van der Waals surface area contributed by atoms with E-state index in [2.05, 4.69) is 0 Å². The van der Waals surface area contributed by atoms with E-state index in [0.717, 1.165) is 10.6 Å². The predicted molar refractivity (Wildman–Crippen MR) is 94.5 cm³/mol. The van der Waals surface area contributed by atoms with Crippen LogP contribution >= 0.6 is 23.4 Å². The molecule has 1 aliphatic heterocycles. The molecule has 23 heavy (non-hydrogen) atoms. The van der Waals surface area contributed by atoms with Crippen LogP contribution in [0.1, 0.15) is 23.7 Å². The molecule has 2 aromatic carbocycles. The summed E-state index contributed by atoms with van der Waals surface area (Å²) >= 11 is 7.70. The fourth-order valence-electron chi connectivity index (χ4n) is 2.59. The highest BCUT2D eigenvalue weighted by atomic mass is 35.5. The van der Waals surface area contributed by atoms with E-state index in [0.29, 0.717) is 17.0 Å². The summed E-state index contributed by atoms with van der Waals surface area (Å²) in [5, 5.41) is 0.781. The third kappa shape index (κ3) is 3.59. The Hall–Kier alpha value is -1.78. The zero-order valence-electron chi connectivity index (χ0n) is 12.7. The van der Waals surface area contributed by atoms with Crippen molar-refractivity contribution >= 4 is 40.7 Å². The Morgan fingerprint density at radius 2 is 2.00 bits per heavy atom. The van der Waals surface area contributed by atoms with Gasteiger partial charge in [0.25, 0.3) is 0 Å². The number of thioether (sulfide) groups is 1.